The third kappa shape index (κ3) is 3.26. The van der Waals surface area contributed by atoms with Gasteiger partial charge >= 0.3 is 0 Å². The molecule has 1 aliphatic heterocycles. The number of piperidine rings is 1. The first kappa shape index (κ1) is 12.5. The second-order valence-electron chi connectivity index (χ2n) is 4.80. The zero-order valence-corrected chi connectivity index (χ0v) is 11.0. The van der Waals surface area contributed by atoms with Gasteiger partial charge in [0.05, 0.1) is 11.2 Å². The molecule has 0 atom stereocenters. The number of aromatic nitrogens is 1. The van der Waals surface area contributed by atoms with Crippen LogP contribution in [-0.4, -0.2) is 30.5 Å². The highest BCUT2D eigenvalue weighted by atomic mass is 32.1. The molecule has 2 heterocycles. The standard InChI is InChI=1S/C12H19N3OS/c1-12(3-6-13-7-4-12)11(16)14-5-2-10-8-17-9-15-10/h8-9,13H,2-7H2,1H3,(H,14,16). The van der Waals surface area contributed by atoms with Crippen molar-refractivity contribution < 1.29 is 4.79 Å². The van der Waals surface area contributed by atoms with Crippen molar-refractivity contribution in [3.05, 3.63) is 16.6 Å². The Balaban J connectivity index is 1.76. The largest absolute Gasteiger partial charge is 0.355 e. The number of hydrogen-bond donors (Lipinski definition) is 2. The van der Waals surface area contributed by atoms with Gasteiger partial charge in [-0.1, -0.05) is 6.92 Å². The Labute approximate surface area is 106 Å². The number of amides is 1. The number of carbonyl (C=O) groups excluding carboxylic acids is 1. The van der Waals surface area contributed by atoms with Crippen molar-refractivity contribution in [2.45, 2.75) is 26.2 Å². The van der Waals surface area contributed by atoms with Crippen LogP contribution in [0.15, 0.2) is 10.9 Å². The fourth-order valence-electron chi connectivity index (χ4n) is 2.08. The van der Waals surface area contributed by atoms with E-state index in [4.69, 9.17) is 0 Å². The van der Waals surface area contributed by atoms with Gasteiger partial charge in [-0.3, -0.25) is 4.79 Å². The van der Waals surface area contributed by atoms with Crippen LogP contribution in [0.4, 0.5) is 0 Å². The molecule has 0 aromatic carbocycles. The van der Waals surface area contributed by atoms with Crippen molar-refractivity contribution in [1.82, 2.24) is 15.6 Å². The van der Waals surface area contributed by atoms with E-state index in [0.29, 0.717) is 6.54 Å². The van der Waals surface area contributed by atoms with E-state index in [1.54, 1.807) is 11.3 Å². The van der Waals surface area contributed by atoms with Crippen LogP contribution in [0.25, 0.3) is 0 Å². The third-order valence-corrected chi connectivity index (χ3v) is 4.04. The Morgan fingerprint density at radius 3 is 3.00 bits per heavy atom. The van der Waals surface area contributed by atoms with Gasteiger partial charge in [-0.25, -0.2) is 4.98 Å². The Kier molecular flexibility index (Phi) is 4.12. The van der Waals surface area contributed by atoms with Crippen LogP contribution >= 0.6 is 11.3 Å². The van der Waals surface area contributed by atoms with Gasteiger partial charge in [-0.15, -0.1) is 11.3 Å². The van der Waals surface area contributed by atoms with Crippen LogP contribution in [0.2, 0.25) is 0 Å². The number of carbonyl (C=O) groups is 1. The first-order chi connectivity index (χ1) is 8.21. The van der Waals surface area contributed by atoms with Crippen molar-refractivity contribution in [3.63, 3.8) is 0 Å². The summed E-state index contributed by atoms with van der Waals surface area (Å²) in [6.07, 6.45) is 2.68. The van der Waals surface area contributed by atoms with Crippen molar-refractivity contribution in [1.29, 1.82) is 0 Å². The topological polar surface area (TPSA) is 54.0 Å². The molecule has 0 aliphatic carbocycles. The molecule has 1 amide bonds. The minimum Gasteiger partial charge on any atom is -0.355 e. The summed E-state index contributed by atoms with van der Waals surface area (Å²) >= 11 is 1.59. The molecule has 17 heavy (non-hydrogen) atoms. The van der Waals surface area contributed by atoms with E-state index in [0.717, 1.165) is 38.0 Å². The molecule has 94 valence electrons. The molecule has 2 rings (SSSR count). The van der Waals surface area contributed by atoms with E-state index < -0.39 is 0 Å². The average Bonchev–Trinajstić information content (AvgIpc) is 2.83. The minimum atomic E-state index is -0.187. The van der Waals surface area contributed by atoms with E-state index in [1.807, 2.05) is 10.9 Å². The molecule has 1 aliphatic rings. The normalized spacial score (nSPS) is 18.9. The maximum atomic E-state index is 12.1. The second kappa shape index (κ2) is 5.60. The predicted molar refractivity (Wildman–Crippen MR) is 69.0 cm³/mol. The van der Waals surface area contributed by atoms with Gasteiger partial charge in [0.1, 0.15) is 0 Å². The maximum absolute atomic E-state index is 12.1. The second-order valence-corrected chi connectivity index (χ2v) is 5.52. The van der Waals surface area contributed by atoms with Gasteiger partial charge in [0.2, 0.25) is 5.91 Å². The van der Waals surface area contributed by atoms with Crippen LogP contribution in [0.5, 0.6) is 0 Å². The van der Waals surface area contributed by atoms with Crippen LogP contribution in [0.3, 0.4) is 0 Å². The van der Waals surface area contributed by atoms with Gasteiger partial charge in [0, 0.05) is 23.8 Å². The van der Waals surface area contributed by atoms with Crippen molar-refractivity contribution >= 4 is 17.2 Å². The van der Waals surface area contributed by atoms with E-state index in [9.17, 15) is 4.79 Å². The van der Waals surface area contributed by atoms with E-state index in [1.165, 1.54) is 0 Å². The molecular weight excluding hydrogens is 234 g/mol. The van der Waals surface area contributed by atoms with Crippen LogP contribution in [-0.2, 0) is 11.2 Å². The Morgan fingerprint density at radius 1 is 1.59 bits per heavy atom. The highest BCUT2D eigenvalue weighted by Gasteiger charge is 2.33. The molecule has 0 spiro atoms. The van der Waals surface area contributed by atoms with Gasteiger partial charge in [-0.2, -0.15) is 0 Å². The smallest absolute Gasteiger partial charge is 0.226 e. The van der Waals surface area contributed by atoms with Crippen LogP contribution < -0.4 is 10.6 Å². The monoisotopic (exact) mass is 253 g/mol. The van der Waals surface area contributed by atoms with Crippen LogP contribution in [0.1, 0.15) is 25.5 Å². The fraction of sp³-hybridized carbons (Fsp3) is 0.667. The van der Waals surface area contributed by atoms with Crippen molar-refractivity contribution in [2.24, 2.45) is 5.41 Å². The lowest BCUT2D eigenvalue weighted by atomic mass is 9.80. The predicted octanol–water partition coefficient (Wildman–Crippen LogP) is 1.19. The van der Waals surface area contributed by atoms with E-state index >= 15 is 0 Å². The first-order valence-corrected chi connectivity index (χ1v) is 7.01. The molecule has 5 heteroatoms. The zero-order chi connectivity index (χ0) is 12.1. The Bertz CT molecular complexity index is 358. The van der Waals surface area contributed by atoms with Gasteiger partial charge in [-0.05, 0) is 25.9 Å². The lowest BCUT2D eigenvalue weighted by molar-refractivity contribution is -0.131. The number of nitrogens with one attached hydrogen (secondary N) is 2. The number of rotatable bonds is 4. The lowest BCUT2D eigenvalue weighted by Gasteiger charge is -2.32. The summed E-state index contributed by atoms with van der Waals surface area (Å²) in [5, 5.41) is 8.34. The summed E-state index contributed by atoms with van der Waals surface area (Å²) in [7, 11) is 0. The maximum Gasteiger partial charge on any atom is 0.226 e. The molecule has 0 radical (unpaired) electrons. The quantitative estimate of drug-likeness (QED) is 0.847. The zero-order valence-electron chi connectivity index (χ0n) is 10.2. The summed E-state index contributed by atoms with van der Waals surface area (Å²) in [5.41, 5.74) is 2.70. The van der Waals surface area contributed by atoms with Crippen molar-refractivity contribution in [3.8, 4) is 0 Å². The summed E-state index contributed by atoms with van der Waals surface area (Å²) in [6, 6.07) is 0. The molecule has 0 unspecified atom stereocenters. The summed E-state index contributed by atoms with van der Waals surface area (Å²) < 4.78 is 0. The van der Waals surface area contributed by atoms with Gasteiger partial charge in [0.15, 0.2) is 0 Å². The Morgan fingerprint density at radius 2 is 2.35 bits per heavy atom. The number of nitrogens with zero attached hydrogens (tertiary/aromatic N) is 1. The summed E-state index contributed by atoms with van der Waals surface area (Å²) in [4.78, 5) is 16.3. The van der Waals surface area contributed by atoms with E-state index in [-0.39, 0.29) is 11.3 Å². The average molecular weight is 253 g/mol. The number of thiazole rings is 1. The van der Waals surface area contributed by atoms with Crippen molar-refractivity contribution in [2.75, 3.05) is 19.6 Å². The summed E-state index contributed by atoms with van der Waals surface area (Å²) in [6.45, 7) is 4.63. The lowest BCUT2D eigenvalue weighted by Crippen LogP contribution is -2.46. The Hall–Kier alpha value is -0.940. The molecule has 2 N–H and O–H groups in total. The van der Waals surface area contributed by atoms with Gasteiger partial charge in [0.25, 0.3) is 0 Å². The first-order valence-electron chi connectivity index (χ1n) is 6.07. The minimum absolute atomic E-state index is 0.187. The molecule has 0 saturated carbocycles. The summed E-state index contributed by atoms with van der Waals surface area (Å²) in [5.74, 6) is 0.189. The molecule has 1 aromatic rings. The molecular formula is C12H19N3OS. The van der Waals surface area contributed by atoms with E-state index in [2.05, 4.69) is 22.5 Å². The molecule has 1 aromatic heterocycles. The molecule has 0 bridgehead atoms. The SMILES string of the molecule is CC1(C(=O)NCCc2cscn2)CCNCC1. The molecule has 1 saturated heterocycles. The third-order valence-electron chi connectivity index (χ3n) is 3.41. The molecule has 1 fully saturated rings. The highest BCUT2D eigenvalue weighted by molar-refractivity contribution is 7.07. The number of hydrogen-bond acceptors (Lipinski definition) is 4. The van der Waals surface area contributed by atoms with Crippen LogP contribution in [0, 0.1) is 5.41 Å². The molecule has 4 nitrogen and oxygen atoms in total. The fourth-order valence-corrected chi connectivity index (χ4v) is 2.68. The highest BCUT2D eigenvalue weighted by Crippen LogP contribution is 2.27. The van der Waals surface area contributed by atoms with Gasteiger partial charge < -0.3 is 10.6 Å².